The van der Waals surface area contributed by atoms with Crippen molar-refractivity contribution in [2.24, 2.45) is 0 Å². The van der Waals surface area contributed by atoms with Gasteiger partial charge in [-0.25, -0.2) is 0 Å². The Bertz CT molecular complexity index is 148. The van der Waals surface area contributed by atoms with E-state index in [1.54, 1.807) is 0 Å². The SMILES string of the molecule is CC[C@H]1OC2CCO[C@H]2[C@@H]1O. The predicted molar refractivity (Wildman–Crippen MR) is 39.3 cm³/mol. The third-order valence-electron chi connectivity index (χ3n) is 2.55. The molecule has 0 aliphatic carbocycles. The minimum absolute atomic E-state index is 0.00491. The maximum Gasteiger partial charge on any atom is 0.112 e. The zero-order chi connectivity index (χ0) is 7.84. The van der Waals surface area contributed by atoms with E-state index in [0.29, 0.717) is 0 Å². The van der Waals surface area contributed by atoms with Crippen LogP contribution in [0.15, 0.2) is 0 Å². The van der Waals surface area contributed by atoms with E-state index in [4.69, 9.17) is 9.47 Å². The molecular weight excluding hydrogens is 144 g/mol. The zero-order valence-corrected chi connectivity index (χ0v) is 6.69. The van der Waals surface area contributed by atoms with Gasteiger partial charge in [-0.15, -0.1) is 0 Å². The lowest BCUT2D eigenvalue weighted by atomic mass is 10.1. The van der Waals surface area contributed by atoms with Gasteiger partial charge >= 0.3 is 0 Å². The number of hydrogen-bond acceptors (Lipinski definition) is 3. The molecule has 0 saturated carbocycles. The first-order valence-corrected chi connectivity index (χ1v) is 4.28. The van der Waals surface area contributed by atoms with Crippen molar-refractivity contribution in [2.75, 3.05) is 6.61 Å². The minimum atomic E-state index is -0.396. The van der Waals surface area contributed by atoms with Crippen molar-refractivity contribution in [1.29, 1.82) is 0 Å². The topological polar surface area (TPSA) is 38.7 Å². The highest BCUT2D eigenvalue weighted by atomic mass is 16.6. The van der Waals surface area contributed by atoms with Crippen molar-refractivity contribution in [1.82, 2.24) is 0 Å². The fourth-order valence-corrected chi connectivity index (χ4v) is 1.91. The first kappa shape index (κ1) is 7.53. The molecule has 2 aliphatic heterocycles. The molecule has 2 fully saturated rings. The van der Waals surface area contributed by atoms with Gasteiger partial charge in [0.25, 0.3) is 0 Å². The van der Waals surface area contributed by atoms with Crippen molar-refractivity contribution in [3.05, 3.63) is 0 Å². The van der Waals surface area contributed by atoms with E-state index in [2.05, 4.69) is 0 Å². The van der Waals surface area contributed by atoms with Crippen LogP contribution in [0.2, 0.25) is 0 Å². The van der Waals surface area contributed by atoms with Crippen molar-refractivity contribution in [3.8, 4) is 0 Å². The van der Waals surface area contributed by atoms with E-state index in [9.17, 15) is 5.11 Å². The standard InChI is InChI=1S/C8H14O3/c1-2-5-7(9)8-6(11-5)3-4-10-8/h5-9H,2-4H2,1H3/t5-,6?,7-,8-/m1/s1. The van der Waals surface area contributed by atoms with E-state index >= 15 is 0 Å². The highest BCUT2D eigenvalue weighted by Crippen LogP contribution is 2.31. The van der Waals surface area contributed by atoms with Gasteiger partial charge in [-0.05, 0) is 12.8 Å². The van der Waals surface area contributed by atoms with Gasteiger partial charge in [0.2, 0.25) is 0 Å². The molecule has 1 N–H and O–H groups in total. The first-order valence-electron chi connectivity index (χ1n) is 4.28. The van der Waals surface area contributed by atoms with Crippen LogP contribution in [0.5, 0.6) is 0 Å². The van der Waals surface area contributed by atoms with E-state index in [1.165, 1.54) is 0 Å². The molecule has 0 radical (unpaired) electrons. The monoisotopic (exact) mass is 158 g/mol. The van der Waals surface area contributed by atoms with Gasteiger partial charge in [-0.1, -0.05) is 6.92 Å². The maximum atomic E-state index is 9.61. The predicted octanol–water partition coefficient (Wildman–Crippen LogP) is 0.314. The molecule has 2 aliphatic rings. The van der Waals surface area contributed by atoms with Crippen molar-refractivity contribution in [3.63, 3.8) is 0 Å². The van der Waals surface area contributed by atoms with Crippen LogP contribution in [-0.2, 0) is 9.47 Å². The number of aliphatic hydroxyl groups excluding tert-OH is 1. The number of rotatable bonds is 1. The van der Waals surface area contributed by atoms with Crippen LogP contribution in [0.1, 0.15) is 19.8 Å². The van der Waals surface area contributed by atoms with Gasteiger partial charge in [0.1, 0.15) is 12.2 Å². The number of hydrogen-bond donors (Lipinski definition) is 1. The second kappa shape index (κ2) is 2.73. The molecule has 1 unspecified atom stereocenters. The molecule has 0 spiro atoms. The summed E-state index contributed by atoms with van der Waals surface area (Å²) in [4.78, 5) is 0. The molecule has 0 aromatic heterocycles. The summed E-state index contributed by atoms with van der Waals surface area (Å²) in [7, 11) is 0. The average Bonchev–Trinajstić information content (AvgIpc) is 2.53. The molecule has 2 heterocycles. The molecule has 3 heteroatoms. The summed E-state index contributed by atoms with van der Waals surface area (Å²) < 4.78 is 10.9. The van der Waals surface area contributed by atoms with Gasteiger partial charge < -0.3 is 14.6 Å². The van der Waals surface area contributed by atoms with E-state index in [0.717, 1.165) is 19.4 Å². The molecular formula is C8H14O3. The Labute approximate surface area is 66.3 Å². The van der Waals surface area contributed by atoms with Gasteiger partial charge in [-0.3, -0.25) is 0 Å². The molecule has 64 valence electrons. The van der Waals surface area contributed by atoms with Gasteiger partial charge in [0.15, 0.2) is 0 Å². The Morgan fingerprint density at radius 3 is 3.00 bits per heavy atom. The van der Waals surface area contributed by atoms with E-state index in [-0.39, 0.29) is 18.3 Å². The molecule has 0 aromatic carbocycles. The van der Waals surface area contributed by atoms with Crippen LogP contribution in [-0.4, -0.2) is 36.1 Å². The lowest BCUT2D eigenvalue weighted by Gasteiger charge is -2.14. The number of fused-ring (bicyclic) bond motifs is 1. The van der Waals surface area contributed by atoms with Crippen LogP contribution >= 0.6 is 0 Å². The number of aliphatic hydroxyl groups is 1. The highest BCUT2D eigenvalue weighted by molar-refractivity contribution is 4.93. The van der Waals surface area contributed by atoms with Gasteiger partial charge in [0, 0.05) is 6.61 Å². The summed E-state index contributed by atoms with van der Waals surface area (Å²) in [6, 6.07) is 0. The third-order valence-corrected chi connectivity index (χ3v) is 2.55. The molecule has 0 aromatic rings. The summed E-state index contributed by atoms with van der Waals surface area (Å²) in [6.45, 7) is 2.76. The average molecular weight is 158 g/mol. The molecule has 0 amide bonds. The molecule has 11 heavy (non-hydrogen) atoms. The summed E-state index contributed by atoms with van der Waals surface area (Å²) in [5.74, 6) is 0. The second-order valence-electron chi connectivity index (χ2n) is 3.24. The van der Waals surface area contributed by atoms with Crippen molar-refractivity contribution >= 4 is 0 Å². The Morgan fingerprint density at radius 1 is 1.55 bits per heavy atom. The molecule has 2 rings (SSSR count). The normalized spacial score (nSPS) is 49.6. The molecule has 0 bridgehead atoms. The lowest BCUT2D eigenvalue weighted by molar-refractivity contribution is -0.0118. The zero-order valence-electron chi connectivity index (χ0n) is 6.69. The van der Waals surface area contributed by atoms with Crippen LogP contribution in [0.25, 0.3) is 0 Å². The Hall–Kier alpha value is -0.120. The molecule has 2 saturated heterocycles. The summed E-state index contributed by atoms with van der Waals surface area (Å²) >= 11 is 0. The van der Waals surface area contributed by atoms with Crippen molar-refractivity contribution < 1.29 is 14.6 Å². The summed E-state index contributed by atoms with van der Waals surface area (Å²) in [5.41, 5.74) is 0. The van der Waals surface area contributed by atoms with Gasteiger partial charge in [0.05, 0.1) is 12.2 Å². The highest BCUT2D eigenvalue weighted by Gasteiger charge is 2.46. The Morgan fingerprint density at radius 2 is 2.36 bits per heavy atom. The second-order valence-corrected chi connectivity index (χ2v) is 3.24. The minimum Gasteiger partial charge on any atom is -0.388 e. The maximum absolute atomic E-state index is 9.61. The van der Waals surface area contributed by atoms with Crippen LogP contribution in [0, 0.1) is 0 Å². The summed E-state index contributed by atoms with van der Waals surface area (Å²) in [5, 5.41) is 9.61. The van der Waals surface area contributed by atoms with Crippen LogP contribution < -0.4 is 0 Å². The summed E-state index contributed by atoms with van der Waals surface area (Å²) in [6.07, 6.45) is 1.54. The lowest BCUT2D eigenvalue weighted by Crippen LogP contribution is -2.31. The smallest absolute Gasteiger partial charge is 0.112 e. The Kier molecular flexibility index (Phi) is 1.87. The van der Waals surface area contributed by atoms with E-state index in [1.807, 2.05) is 6.92 Å². The third kappa shape index (κ3) is 1.08. The molecule has 3 nitrogen and oxygen atoms in total. The fourth-order valence-electron chi connectivity index (χ4n) is 1.91. The van der Waals surface area contributed by atoms with Crippen LogP contribution in [0.4, 0.5) is 0 Å². The Balaban J connectivity index is 2.04. The van der Waals surface area contributed by atoms with Gasteiger partial charge in [-0.2, -0.15) is 0 Å². The fraction of sp³-hybridized carbons (Fsp3) is 1.00. The first-order chi connectivity index (χ1) is 5.33. The van der Waals surface area contributed by atoms with Crippen molar-refractivity contribution in [2.45, 2.75) is 44.2 Å². The molecule has 4 atom stereocenters. The quantitative estimate of drug-likeness (QED) is 0.597. The van der Waals surface area contributed by atoms with Crippen LogP contribution in [0.3, 0.4) is 0 Å². The van der Waals surface area contributed by atoms with E-state index < -0.39 is 6.10 Å². The largest absolute Gasteiger partial charge is 0.388 e. The number of ether oxygens (including phenoxy) is 2.